The Kier molecular flexibility index (Phi) is 6.87. The van der Waals surface area contributed by atoms with Crippen molar-refractivity contribution in [1.82, 2.24) is 4.90 Å². The molecule has 1 atom stereocenters. The molecular weight excluding hydrogens is 404 g/mol. The van der Waals surface area contributed by atoms with Crippen molar-refractivity contribution in [1.29, 1.82) is 0 Å². The lowest BCUT2D eigenvalue weighted by molar-refractivity contribution is -0.136. The minimum Gasteiger partial charge on any atom is -0.497 e. The molecule has 2 aromatic carbocycles. The number of methoxy groups -OCH3 is 1. The molecular formula is C22H28N2O5S. The van der Waals surface area contributed by atoms with Gasteiger partial charge in [0.15, 0.2) is 16.4 Å². The molecule has 2 aromatic rings. The normalized spacial score (nSPS) is 17.4. The number of carbonyl (C=O) groups is 1. The Bertz CT molecular complexity index is 956. The molecule has 3 rings (SSSR count). The first-order chi connectivity index (χ1) is 14.3. The van der Waals surface area contributed by atoms with Crippen LogP contribution in [0.15, 0.2) is 48.5 Å². The van der Waals surface area contributed by atoms with Crippen molar-refractivity contribution in [3.05, 3.63) is 54.1 Å². The number of benzene rings is 2. The van der Waals surface area contributed by atoms with E-state index in [0.29, 0.717) is 24.5 Å². The minimum absolute atomic E-state index is 0.00292. The predicted molar refractivity (Wildman–Crippen MR) is 117 cm³/mol. The fourth-order valence-electron chi connectivity index (χ4n) is 3.44. The summed E-state index contributed by atoms with van der Waals surface area (Å²) in [6.07, 6.45) is 0.451. The smallest absolute Gasteiger partial charge is 0.261 e. The van der Waals surface area contributed by atoms with E-state index < -0.39 is 9.84 Å². The predicted octanol–water partition coefficient (Wildman–Crippen LogP) is 2.36. The molecule has 8 heteroatoms. The molecule has 0 radical (unpaired) electrons. The number of hydrogen-bond donors (Lipinski definition) is 0. The molecule has 7 nitrogen and oxygen atoms in total. The standard InChI is InChI=1S/C22H28N2O5S/c1-23(2)18-6-4-17(5-7-18)14-24(19-12-13-30(26,27)16-19)22(25)15-29-21-10-8-20(28-3)9-11-21/h4-11,19H,12-16H2,1-3H3. The Morgan fingerprint density at radius 1 is 1.03 bits per heavy atom. The average Bonchev–Trinajstić information content (AvgIpc) is 3.10. The number of nitrogens with zero attached hydrogens (tertiary/aromatic N) is 2. The summed E-state index contributed by atoms with van der Waals surface area (Å²) >= 11 is 0. The molecule has 30 heavy (non-hydrogen) atoms. The van der Waals surface area contributed by atoms with E-state index in [1.165, 1.54) is 0 Å². The van der Waals surface area contributed by atoms with Gasteiger partial charge >= 0.3 is 0 Å². The molecule has 0 bridgehead atoms. The van der Waals surface area contributed by atoms with E-state index >= 15 is 0 Å². The molecule has 0 spiro atoms. The van der Waals surface area contributed by atoms with Crippen molar-refractivity contribution in [2.45, 2.75) is 19.0 Å². The first-order valence-electron chi connectivity index (χ1n) is 9.80. The molecule has 1 heterocycles. The summed E-state index contributed by atoms with van der Waals surface area (Å²) in [7, 11) is 2.39. The molecule has 1 aliphatic heterocycles. The maximum absolute atomic E-state index is 13.0. The Morgan fingerprint density at radius 2 is 1.67 bits per heavy atom. The molecule has 0 aromatic heterocycles. The number of carbonyl (C=O) groups excluding carboxylic acids is 1. The number of hydrogen-bond acceptors (Lipinski definition) is 6. The zero-order valence-corrected chi connectivity index (χ0v) is 18.4. The largest absolute Gasteiger partial charge is 0.497 e. The van der Waals surface area contributed by atoms with Crippen molar-refractivity contribution in [3.8, 4) is 11.5 Å². The number of amides is 1. The molecule has 1 unspecified atom stereocenters. The van der Waals surface area contributed by atoms with Crippen LogP contribution in [0.2, 0.25) is 0 Å². The zero-order chi connectivity index (χ0) is 21.7. The first-order valence-corrected chi connectivity index (χ1v) is 11.6. The van der Waals surface area contributed by atoms with Gasteiger partial charge in [-0.25, -0.2) is 8.42 Å². The summed E-state index contributed by atoms with van der Waals surface area (Å²) in [6.45, 7) is 0.192. The van der Waals surface area contributed by atoms with Crippen molar-refractivity contribution < 1.29 is 22.7 Å². The van der Waals surface area contributed by atoms with Crippen LogP contribution in [-0.4, -0.2) is 64.6 Å². The first kappa shape index (κ1) is 22.0. The van der Waals surface area contributed by atoms with Crippen LogP contribution < -0.4 is 14.4 Å². The summed E-state index contributed by atoms with van der Waals surface area (Å²) < 4.78 is 34.8. The molecule has 1 amide bonds. The summed E-state index contributed by atoms with van der Waals surface area (Å²) in [4.78, 5) is 16.6. The van der Waals surface area contributed by atoms with Gasteiger partial charge in [0.1, 0.15) is 11.5 Å². The third-order valence-electron chi connectivity index (χ3n) is 5.20. The van der Waals surface area contributed by atoms with Gasteiger partial charge in [0.2, 0.25) is 0 Å². The lowest BCUT2D eigenvalue weighted by Gasteiger charge is -2.28. The Hall–Kier alpha value is -2.74. The highest BCUT2D eigenvalue weighted by atomic mass is 32.2. The Morgan fingerprint density at radius 3 is 2.20 bits per heavy atom. The fraction of sp³-hybridized carbons (Fsp3) is 0.409. The van der Waals surface area contributed by atoms with Crippen LogP contribution in [0.1, 0.15) is 12.0 Å². The molecule has 0 aliphatic carbocycles. The van der Waals surface area contributed by atoms with E-state index in [1.807, 2.05) is 43.3 Å². The summed E-state index contributed by atoms with van der Waals surface area (Å²) in [5, 5.41) is 0. The van der Waals surface area contributed by atoms with E-state index in [-0.39, 0.29) is 30.1 Å². The number of anilines is 1. The van der Waals surface area contributed by atoms with E-state index in [1.54, 1.807) is 36.3 Å². The minimum atomic E-state index is -3.11. The quantitative estimate of drug-likeness (QED) is 0.637. The van der Waals surface area contributed by atoms with Gasteiger partial charge in [-0.3, -0.25) is 4.79 Å². The van der Waals surface area contributed by atoms with Crippen LogP contribution >= 0.6 is 0 Å². The molecule has 0 saturated carbocycles. The van der Waals surface area contributed by atoms with Crippen molar-refractivity contribution in [2.75, 3.05) is 44.2 Å². The molecule has 162 valence electrons. The number of sulfone groups is 1. The Labute approximate surface area is 178 Å². The van der Waals surface area contributed by atoms with Gasteiger partial charge in [0.05, 0.1) is 18.6 Å². The second-order valence-electron chi connectivity index (χ2n) is 7.60. The molecule has 0 N–H and O–H groups in total. The number of ether oxygens (including phenoxy) is 2. The van der Waals surface area contributed by atoms with Gasteiger partial charge in [-0.2, -0.15) is 0 Å². The second kappa shape index (κ2) is 9.38. The topological polar surface area (TPSA) is 76.2 Å². The van der Waals surface area contributed by atoms with Crippen LogP contribution in [0.3, 0.4) is 0 Å². The van der Waals surface area contributed by atoms with Gasteiger partial charge in [-0.1, -0.05) is 12.1 Å². The average molecular weight is 433 g/mol. The van der Waals surface area contributed by atoms with Gasteiger partial charge in [0, 0.05) is 32.4 Å². The van der Waals surface area contributed by atoms with Gasteiger partial charge < -0.3 is 19.3 Å². The van der Waals surface area contributed by atoms with E-state index in [0.717, 1.165) is 11.3 Å². The lowest BCUT2D eigenvalue weighted by atomic mass is 10.1. The van der Waals surface area contributed by atoms with Crippen LogP contribution in [0, 0.1) is 0 Å². The molecule has 1 aliphatic rings. The van der Waals surface area contributed by atoms with Crippen molar-refractivity contribution in [3.63, 3.8) is 0 Å². The summed E-state index contributed by atoms with van der Waals surface area (Å²) in [5.41, 5.74) is 2.01. The highest BCUT2D eigenvalue weighted by molar-refractivity contribution is 7.91. The Balaban J connectivity index is 1.72. The van der Waals surface area contributed by atoms with Crippen LogP contribution in [0.5, 0.6) is 11.5 Å². The third-order valence-corrected chi connectivity index (χ3v) is 6.95. The third kappa shape index (κ3) is 5.66. The van der Waals surface area contributed by atoms with Crippen LogP contribution in [0.4, 0.5) is 5.69 Å². The SMILES string of the molecule is COc1ccc(OCC(=O)N(Cc2ccc(N(C)C)cc2)C2CCS(=O)(=O)C2)cc1. The highest BCUT2D eigenvalue weighted by Crippen LogP contribution is 2.22. The number of rotatable bonds is 8. The van der Waals surface area contributed by atoms with Gasteiger partial charge in [0.25, 0.3) is 5.91 Å². The van der Waals surface area contributed by atoms with Gasteiger partial charge in [-0.15, -0.1) is 0 Å². The van der Waals surface area contributed by atoms with Crippen LogP contribution in [-0.2, 0) is 21.2 Å². The zero-order valence-electron chi connectivity index (χ0n) is 17.6. The summed E-state index contributed by atoms with van der Waals surface area (Å²) in [5.74, 6) is 1.13. The maximum atomic E-state index is 13.0. The van der Waals surface area contributed by atoms with Crippen LogP contribution in [0.25, 0.3) is 0 Å². The molecule has 1 fully saturated rings. The van der Waals surface area contributed by atoms with Crippen molar-refractivity contribution >= 4 is 21.4 Å². The van der Waals surface area contributed by atoms with Crippen molar-refractivity contribution in [2.24, 2.45) is 0 Å². The fourth-order valence-corrected chi connectivity index (χ4v) is 5.17. The maximum Gasteiger partial charge on any atom is 0.261 e. The van der Waals surface area contributed by atoms with E-state index in [9.17, 15) is 13.2 Å². The second-order valence-corrected chi connectivity index (χ2v) is 9.83. The summed E-state index contributed by atoms with van der Waals surface area (Å²) in [6, 6.07) is 14.5. The lowest BCUT2D eigenvalue weighted by Crippen LogP contribution is -2.43. The highest BCUT2D eigenvalue weighted by Gasteiger charge is 2.34. The van der Waals surface area contributed by atoms with E-state index in [4.69, 9.17) is 9.47 Å². The molecule has 1 saturated heterocycles. The monoisotopic (exact) mass is 432 g/mol. The van der Waals surface area contributed by atoms with E-state index in [2.05, 4.69) is 0 Å². The van der Waals surface area contributed by atoms with Gasteiger partial charge in [-0.05, 0) is 48.4 Å².